The second kappa shape index (κ2) is 6.52. The molecule has 0 unspecified atom stereocenters. The van der Waals surface area contributed by atoms with E-state index in [2.05, 4.69) is 4.99 Å². The Labute approximate surface area is 155 Å². The summed E-state index contributed by atoms with van der Waals surface area (Å²) in [6.07, 6.45) is 0. The van der Waals surface area contributed by atoms with Gasteiger partial charge < -0.3 is 4.90 Å². The molecule has 2 aliphatic heterocycles. The maximum absolute atomic E-state index is 12.1. The zero-order valence-electron chi connectivity index (χ0n) is 13.1. The zero-order valence-corrected chi connectivity index (χ0v) is 16.2. The highest BCUT2D eigenvalue weighted by atomic mass is 35.5. The van der Waals surface area contributed by atoms with E-state index in [1.54, 1.807) is 36.9 Å². The number of thioether (sulfide) groups is 1. The van der Waals surface area contributed by atoms with E-state index in [0.717, 1.165) is 0 Å². The highest BCUT2D eigenvalue weighted by Crippen LogP contribution is 2.45. The average molecular weight is 407 g/mol. The largest absolute Gasteiger partial charge is 0.313 e. The van der Waals surface area contributed by atoms with Gasteiger partial charge in [-0.15, -0.1) is 0 Å². The van der Waals surface area contributed by atoms with Crippen LogP contribution in [0.1, 0.15) is 13.8 Å². The molecule has 2 atom stereocenters. The van der Waals surface area contributed by atoms with Gasteiger partial charge in [0.05, 0.1) is 33.3 Å². The fraction of sp³-hybridized carbons (Fsp3) is 0.467. The van der Waals surface area contributed by atoms with Gasteiger partial charge in [-0.25, -0.2) is 8.42 Å². The second-order valence-electron chi connectivity index (χ2n) is 6.13. The minimum atomic E-state index is -3.13. The minimum Gasteiger partial charge on any atom is -0.313 e. The first kappa shape index (κ1) is 18.0. The van der Waals surface area contributed by atoms with E-state index in [1.807, 2.05) is 0 Å². The molecule has 1 amide bonds. The van der Waals surface area contributed by atoms with Crippen molar-refractivity contribution in [1.82, 2.24) is 0 Å². The Morgan fingerprint density at radius 1 is 1.29 bits per heavy atom. The fourth-order valence-electron chi connectivity index (χ4n) is 2.77. The molecule has 1 aromatic rings. The Morgan fingerprint density at radius 3 is 2.50 bits per heavy atom. The molecule has 0 aromatic heterocycles. The number of fused-ring (bicyclic) bond motifs is 1. The lowest BCUT2D eigenvalue weighted by atomic mass is 10.2. The van der Waals surface area contributed by atoms with Crippen molar-refractivity contribution in [3.8, 4) is 0 Å². The molecule has 2 fully saturated rings. The quantitative estimate of drug-likeness (QED) is 0.753. The van der Waals surface area contributed by atoms with Crippen molar-refractivity contribution in [2.45, 2.75) is 25.1 Å². The SMILES string of the molecule is CC(C)C(=O)N=C1S[C@H]2CS(=O)(=O)C[C@@H]2N1c1c(Cl)cccc1Cl. The number of carbonyl (C=O) groups excluding carboxylic acids is 1. The van der Waals surface area contributed by atoms with E-state index in [9.17, 15) is 13.2 Å². The summed E-state index contributed by atoms with van der Waals surface area (Å²) in [4.78, 5) is 18.0. The van der Waals surface area contributed by atoms with Crippen LogP contribution in [-0.2, 0) is 14.6 Å². The Kier molecular flexibility index (Phi) is 4.90. The minimum absolute atomic E-state index is 0.00110. The van der Waals surface area contributed by atoms with Gasteiger partial charge in [-0.2, -0.15) is 4.99 Å². The molecule has 0 N–H and O–H groups in total. The van der Waals surface area contributed by atoms with E-state index in [-0.39, 0.29) is 34.6 Å². The number of anilines is 1. The molecule has 0 radical (unpaired) electrons. The molecule has 9 heteroatoms. The lowest BCUT2D eigenvalue weighted by Gasteiger charge is -2.26. The smallest absolute Gasteiger partial charge is 0.250 e. The van der Waals surface area contributed by atoms with Crippen molar-refractivity contribution >= 4 is 61.6 Å². The molecule has 0 aliphatic carbocycles. The Bertz CT molecular complexity index is 804. The van der Waals surface area contributed by atoms with Gasteiger partial charge in [0.2, 0.25) is 0 Å². The highest BCUT2D eigenvalue weighted by Gasteiger charge is 2.50. The number of sulfone groups is 1. The van der Waals surface area contributed by atoms with Crippen LogP contribution in [0.4, 0.5) is 5.69 Å². The summed E-state index contributed by atoms with van der Waals surface area (Å²) in [6.45, 7) is 3.54. The number of aliphatic imine (C=N–C) groups is 1. The Balaban J connectivity index is 2.10. The van der Waals surface area contributed by atoms with Crippen LogP contribution in [0, 0.1) is 5.92 Å². The molecule has 0 spiro atoms. The molecule has 5 nitrogen and oxygen atoms in total. The molecule has 0 saturated carbocycles. The number of benzene rings is 1. The van der Waals surface area contributed by atoms with E-state index in [1.165, 1.54) is 11.8 Å². The lowest BCUT2D eigenvalue weighted by Crippen LogP contribution is -2.38. The number of hydrogen-bond acceptors (Lipinski definition) is 4. The predicted octanol–water partition coefficient (Wildman–Crippen LogP) is 3.25. The molecule has 2 aliphatic rings. The summed E-state index contributed by atoms with van der Waals surface area (Å²) in [5, 5.41) is 1.09. The van der Waals surface area contributed by atoms with Gasteiger partial charge >= 0.3 is 0 Å². The molecule has 24 heavy (non-hydrogen) atoms. The van der Waals surface area contributed by atoms with Gasteiger partial charge in [0.25, 0.3) is 5.91 Å². The maximum atomic E-state index is 12.1. The van der Waals surface area contributed by atoms with Gasteiger partial charge in [0.1, 0.15) is 0 Å². The fourth-order valence-corrected chi connectivity index (χ4v) is 7.25. The molecule has 130 valence electrons. The number of nitrogens with zero attached hydrogens (tertiary/aromatic N) is 2. The van der Waals surface area contributed by atoms with Crippen molar-refractivity contribution < 1.29 is 13.2 Å². The van der Waals surface area contributed by atoms with E-state index in [0.29, 0.717) is 20.9 Å². The van der Waals surface area contributed by atoms with Crippen LogP contribution < -0.4 is 4.90 Å². The van der Waals surface area contributed by atoms with E-state index >= 15 is 0 Å². The number of hydrogen-bond donors (Lipinski definition) is 0. The van der Waals surface area contributed by atoms with Crippen molar-refractivity contribution in [3.05, 3.63) is 28.2 Å². The first-order valence-electron chi connectivity index (χ1n) is 7.42. The molecule has 2 saturated heterocycles. The van der Waals surface area contributed by atoms with Crippen LogP contribution in [0.5, 0.6) is 0 Å². The summed E-state index contributed by atoms with van der Waals surface area (Å²) in [5.41, 5.74) is 0.508. The first-order chi connectivity index (χ1) is 11.2. The van der Waals surface area contributed by atoms with Gasteiger partial charge in [-0.3, -0.25) is 4.79 Å². The van der Waals surface area contributed by atoms with E-state index < -0.39 is 9.84 Å². The Hall–Kier alpha value is -0.760. The number of para-hydroxylation sites is 1. The molecule has 0 bridgehead atoms. The van der Waals surface area contributed by atoms with Crippen LogP contribution in [0.25, 0.3) is 0 Å². The van der Waals surface area contributed by atoms with Crippen LogP contribution >= 0.6 is 35.0 Å². The standard InChI is InChI=1S/C15H16Cl2N2O3S2/c1-8(2)14(20)18-15-19(13-9(16)4-3-5-10(13)17)11-6-24(21,22)7-12(11)23-15/h3-5,8,11-12H,6-7H2,1-2H3/t11-,12-/m0/s1. The van der Waals surface area contributed by atoms with Crippen LogP contribution in [-0.4, -0.2) is 42.3 Å². The van der Waals surface area contributed by atoms with Gasteiger partial charge in [-0.05, 0) is 12.1 Å². The molecule has 2 heterocycles. The normalized spacial score (nSPS) is 27.0. The van der Waals surface area contributed by atoms with Crippen molar-refractivity contribution in [3.63, 3.8) is 0 Å². The topological polar surface area (TPSA) is 66.8 Å². The average Bonchev–Trinajstić information content (AvgIpc) is 2.91. The number of rotatable bonds is 2. The molecule has 3 rings (SSSR count). The Morgan fingerprint density at radius 2 is 1.92 bits per heavy atom. The number of amides is 1. The first-order valence-corrected chi connectivity index (χ1v) is 10.9. The third-order valence-corrected chi connectivity index (χ3v) is 7.76. The van der Waals surface area contributed by atoms with Gasteiger partial charge in [-0.1, -0.05) is 54.9 Å². The summed E-state index contributed by atoms with van der Waals surface area (Å²) >= 11 is 13.9. The molecular formula is C15H16Cl2N2O3S2. The summed E-state index contributed by atoms with van der Waals surface area (Å²) < 4.78 is 24.0. The number of halogens is 2. The maximum Gasteiger partial charge on any atom is 0.250 e. The highest BCUT2D eigenvalue weighted by molar-refractivity contribution is 8.16. The lowest BCUT2D eigenvalue weighted by molar-refractivity contribution is -0.120. The summed E-state index contributed by atoms with van der Waals surface area (Å²) in [7, 11) is -3.13. The second-order valence-corrected chi connectivity index (χ2v) is 10.3. The number of amidine groups is 1. The predicted molar refractivity (Wildman–Crippen MR) is 100 cm³/mol. The third-order valence-electron chi connectivity index (χ3n) is 3.94. The monoisotopic (exact) mass is 406 g/mol. The molecule has 1 aromatic carbocycles. The van der Waals surface area contributed by atoms with Crippen molar-refractivity contribution in [2.24, 2.45) is 10.9 Å². The van der Waals surface area contributed by atoms with Gasteiger partial charge in [0.15, 0.2) is 15.0 Å². The zero-order chi connectivity index (χ0) is 17.6. The van der Waals surface area contributed by atoms with Crippen molar-refractivity contribution in [2.75, 3.05) is 16.4 Å². The summed E-state index contributed by atoms with van der Waals surface area (Å²) in [6, 6.07) is 4.77. The summed E-state index contributed by atoms with van der Waals surface area (Å²) in [5.74, 6) is -0.434. The van der Waals surface area contributed by atoms with Gasteiger partial charge in [0, 0.05) is 11.2 Å². The van der Waals surface area contributed by atoms with Crippen LogP contribution in [0.15, 0.2) is 23.2 Å². The number of carbonyl (C=O) groups is 1. The van der Waals surface area contributed by atoms with Crippen molar-refractivity contribution in [1.29, 1.82) is 0 Å². The van der Waals surface area contributed by atoms with Crippen LogP contribution in [0.3, 0.4) is 0 Å². The van der Waals surface area contributed by atoms with Crippen LogP contribution in [0.2, 0.25) is 10.0 Å². The third kappa shape index (κ3) is 3.31. The molecular weight excluding hydrogens is 391 g/mol. The van der Waals surface area contributed by atoms with E-state index in [4.69, 9.17) is 23.2 Å².